The zero-order valence-corrected chi connectivity index (χ0v) is 13.0. The molecule has 0 heterocycles. The predicted molar refractivity (Wildman–Crippen MR) is 80.7 cm³/mol. The minimum atomic E-state index is 0.767. The van der Waals surface area contributed by atoms with Crippen molar-refractivity contribution in [2.45, 2.75) is 65.8 Å². The van der Waals surface area contributed by atoms with Crippen LogP contribution in [0.15, 0.2) is 0 Å². The lowest BCUT2D eigenvalue weighted by atomic mass is 9.94. The molecule has 2 unspecified atom stereocenters. The number of hydrogen-bond donors (Lipinski definition) is 1. The van der Waals surface area contributed by atoms with Gasteiger partial charge in [0, 0.05) is 19.1 Å². The average molecular weight is 254 g/mol. The average Bonchev–Trinajstić information content (AvgIpc) is 2.77. The van der Waals surface area contributed by atoms with Gasteiger partial charge in [0.25, 0.3) is 0 Å². The van der Waals surface area contributed by atoms with Crippen LogP contribution in [0.1, 0.15) is 59.8 Å². The first kappa shape index (κ1) is 16.0. The molecule has 0 radical (unpaired) electrons. The van der Waals surface area contributed by atoms with E-state index in [4.69, 9.17) is 5.73 Å². The summed E-state index contributed by atoms with van der Waals surface area (Å²) < 4.78 is 0. The van der Waals surface area contributed by atoms with Crippen LogP contribution in [0.2, 0.25) is 0 Å². The Labute approximate surface area is 114 Å². The maximum absolute atomic E-state index is 5.92. The lowest BCUT2D eigenvalue weighted by Gasteiger charge is -2.35. The fourth-order valence-corrected chi connectivity index (χ4v) is 3.61. The predicted octanol–water partition coefficient (Wildman–Crippen LogP) is 3.51. The zero-order chi connectivity index (χ0) is 13.5. The van der Waals surface area contributed by atoms with Gasteiger partial charge in [-0.2, -0.15) is 0 Å². The van der Waals surface area contributed by atoms with Gasteiger partial charge in [0.2, 0.25) is 0 Å². The van der Waals surface area contributed by atoms with Gasteiger partial charge in [0.15, 0.2) is 0 Å². The van der Waals surface area contributed by atoms with Crippen LogP contribution < -0.4 is 5.73 Å². The van der Waals surface area contributed by atoms with Crippen LogP contribution in [-0.4, -0.2) is 30.6 Å². The van der Waals surface area contributed by atoms with Gasteiger partial charge in [-0.3, -0.25) is 4.90 Å². The smallest absolute Gasteiger partial charge is 0.00902 e. The largest absolute Gasteiger partial charge is 0.330 e. The fraction of sp³-hybridized carbons (Fsp3) is 1.00. The Hall–Kier alpha value is -0.0800. The Morgan fingerprint density at radius 1 is 1.11 bits per heavy atom. The highest BCUT2D eigenvalue weighted by atomic mass is 15.2. The molecule has 0 saturated heterocycles. The highest BCUT2D eigenvalue weighted by Crippen LogP contribution is 2.32. The number of nitrogens with two attached hydrogens (primary N) is 1. The third-order valence-corrected chi connectivity index (χ3v) is 4.65. The SMILES string of the molecule is CCC(CC)N(CC(C)C)CC1CCCC1CN. The lowest BCUT2D eigenvalue weighted by molar-refractivity contribution is 0.128. The van der Waals surface area contributed by atoms with E-state index in [0.29, 0.717) is 0 Å². The highest BCUT2D eigenvalue weighted by Gasteiger charge is 2.29. The molecule has 1 aliphatic rings. The van der Waals surface area contributed by atoms with E-state index in [-0.39, 0.29) is 0 Å². The molecular weight excluding hydrogens is 220 g/mol. The third kappa shape index (κ3) is 4.55. The topological polar surface area (TPSA) is 29.3 Å². The van der Waals surface area contributed by atoms with Crippen molar-refractivity contribution < 1.29 is 0 Å². The van der Waals surface area contributed by atoms with Crippen LogP contribution in [-0.2, 0) is 0 Å². The monoisotopic (exact) mass is 254 g/mol. The summed E-state index contributed by atoms with van der Waals surface area (Å²) in [5.41, 5.74) is 5.92. The molecule has 0 bridgehead atoms. The first-order valence-electron chi connectivity index (χ1n) is 8.06. The first-order chi connectivity index (χ1) is 8.62. The summed E-state index contributed by atoms with van der Waals surface area (Å²) >= 11 is 0. The fourth-order valence-electron chi connectivity index (χ4n) is 3.61. The van der Waals surface area contributed by atoms with E-state index in [1.54, 1.807) is 0 Å². The molecule has 0 aromatic rings. The molecule has 1 saturated carbocycles. The van der Waals surface area contributed by atoms with Gasteiger partial charge in [-0.15, -0.1) is 0 Å². The maximum Gasteiger partial charge on any atom is 0.00902 e. The summed E-state index contributed by atoms with van der Waals surface area (Å²) in [5, 5.41) is 0. The standard InChI is InChI=1S/C16H34N2/c1-5-16(6-2)18(11-13(3)4)12-15-9-7-8-14(15)10-17/h13-16H,5-12,17H2,1-4H3. The molecule has 1 rings (SSSR count). The number of hydrogen-bond acceptors (Lipinski definition) is 2. The Balaban J connectivity index is 2.59. The van der Waals surface area contributed by atoms with E-state index in [0.717, 1.165) is 30.3 Å². The van der Waals surface area contributed by atoms with E-state index in [9.17, 15) is 0 Å². The molecule has 0 amide bonds. The van der Waals surface area contributed by atoms with Crippen molar-refractivity contribution in [1.29, 1.82) is 0 Å². The molecule has 0 spiro atoms. The number of nitrogens with zero attached hydrogens (tertiary/aromatic N) is 1. The first-order valence-corrected chi connectivity index (χ1v) is 8.06. The van der Waals surface area contributed by atoms with Crippen LogP contribution in [0.4, 0.5) is 0 Å². The van der Waals surface area contributed by atoms with Crippen LogP contribution in [0.3, 0.4) is 0 Å². The number of rotatable bonds is 8. The molecule has 2 heteroatoms. The van der Waals surface area contributed by atoms with Crippen molar-refractivity contribution in [2.24, 2.45) is 23.5 Å². The summed E-state index contributed by atoms with van der Waals surface area (Å²) in [6.45, 7) is 12.8. The highest BCUT2D eigenvalue weighted by molar-refractivity contribution is 4.83. The van der Waals surface area contributed by atoms with Crippen molar-refractivity contribution in [1.82, 2.24) is 4.90 Å². The Morgan fingerprint density at radius 2 is 1.72 bits per heavy atom. The molecular formula is C16H34N2. The molecule has 0 aliphatic heterocycles. The van der Waals surface area contributed by atoms with Crippen molar-refractivity contribution in [2.75, 3.05) is 19.6 Å². The zero-order valence-electron chi connectivity index (χ0n) is 13.0. The van der Waals surface area contributed by atoms with Gasteiger partial charge in [0.1, 0.15) is 0 Å². The van der Waals surface area contributed by atoms with E-state index >= 15 is 0 Å². The van der Waals surface area contributed by atoms with Crippen molar-refractivity contribution in [3.8, 4) is 0 Å². The van der Waals surface area contributed by atoms with Gasteiger partial charge >= 0.3 is 0 Å². The lowest BCUT2D eigenvalue weighted by Crippen LogP contribution is -2.42. The normalized spacial score (nSPS) is 24.7. The quantitative estimate of drug-likeness (QED) is 0.718. The summed E-state index contributed by atoms with van der Waals surface area (Å²) in [4.78, 5) is 2.75. The van der Waals surface area contributed by atoms with Crippen LogP contribution >= 0.6 is 0 Å². The summed E-state index contributed by atoms with van der Waals surface area (Å²) in [6, 6.07) is 0.770. The van der Waals surface area contributed by atoms with E-state index in [2.05, 4.69) is 32.6 Å². The molecule has 0 aromatic carbocycles. The summed E-state index contributed by atoms with van der Waals surface area (Å²) in [5.74, 6) is 2.41. The second kappa shape index (κ2) is 8.16. The minimum absolute atomic E-state index is 0.767. The molecule has 2 atom stereocenters. The molecule has 108 valence electrons. The second-order valence-electron chi connectivity index (χ2n) is 6.50. The van der Waals surface area contributed by atoms with E-state index in [1.165, 1.54) is 45.2 Å². The van der Waals surface area contributed by atoms with Crippen molar-refractivity contribution >= 4 is 0 Å². The second-order valence-corrected chi connectivity index (χ2v) is 6.50. The van der Waals surface area contributed by atoms with Crippen LogP contribution in [0.5, 0.6) is 0 Å². The molecule has 2 nitrogen and oxygen atoms in total. The van der Waals surface area contributed by atoms with Gasteiger partial charge in [0.05, 0.1) is 0 Å². The molecule has 0 aromatic heterocycles. The van der Waals surface area contributed by atoms with Gasteiger partial charge in [-0.1, -0.05) is 34.1 Å². The van der Waals surface area contributed by atoms with Crippen LogP contribution in [0.25, 0.3) is 0 Å². The Kier molecular flexibility index (Phi) is 7.25. The van der Waals surface area contributed by atoms with Gasteiger partial charge in [-0.25, -0.2) is 0 Å². The van der Waals surface area contributed by atoms with Crippen LogP contribution in [0, 0.1) is 17.8 Å². The third-order valence-electron chi connectivity index (χ3n) is 4.65. The maximum atomic E-state index is 5.92. The Bertz CT molecular complexity index is 211. The Morgan fingerprint density at radius 3 is 2.22 bits per heavy atom. The van der Waals surface area contributed by atoms with Gasteiger partial charge < -0.3 is 5.73 Å². The molecule has 2 N–H and O–H groups in total. The summed E-state index contributed by atoms with van der Waals surface area (Å²) in [7, 11) is 0. The van der Waals surface area contributed by atoms with E-state index in [1.807, 2.05) is 0 Å². The molecule has 1 fully saturated rings. The molecule has 1 aliphatic carbocycles. The van der Waals surface area contributed by atoms with Crippen molar-refractivity contribution in [3.63, 3.8) is 0 Å². The van der Waals surface area contributed by atoms with Crippen molar-refractivity contribution in [3.05, 3.63) is 0 Å². The molecule has 18 heavy (non-hydrogen) atoms. The minimum Gasteiger partial charge on any atom is -0.330 e. The van der Waals surface area contributed by atoms with Gasteiger partial charge in [-0.05, 0) is 50.0 Å². The van der Waals surface area contributed by atoms with E-state index < -0.39 is 0 Å². The summed E-state index contributed by atoms with van der Waals surface area (Å²) in [6.07, 6.45) is 6.72.